The number of aromatic nitrogens is 2. The fourth-order valence-corrected chi connectivity index (χ4v) is 3.26. The second-order valence-electron chi connectivity index (χ2n) is 7.28. The van der Waals surface area contributed by atoms with Crippen molar-refractivity contribution in [3.63, 3.8) is 0 Å². The van der Waals surface area contributed by atoms with E-state index in [9.17, 15) is 4.79 Å². The molecule has 1 heterocycles. The van der Waals surface area contributed by atoms with Gasteiger partial charge < -0.3 is 15.5 Å². The first kappa shape index (κ1) is 20.5. The lowest BCUT2D eigenvalue weighted by Crippen LogP contribution is -2.31. The van der Waals surface area contributed by atoms with Crippen LogP contribution in [-0.2, 0) is 6.54 Å². The first-order chi connectivity index (χ1) is 14.0. The average Bonchev–Trinajstić information content (AvgIpc) is 3.02. The molecule has 0 radical (unpaired) electrons. The maximum atomic E-state index is 12.2. The molecule has 0 fully saturated rings. The van der Waals surface area contributed by atoms with Gasteiger partial charge in [-0.1, -0.05) is 30.3 Å². The molecule has 152 valence electrons. The number of carbonyl (C=O) groups is 1. The Morgan fingerprint density at radius 2 is 1.86 bits per heavy atom. The first-order valence-corrected chi connectivity index (χ1v) is 9.92. The summed E-state index contributed by atoms with van der Waals surface area (Å²) >= 11 is 0. The minimum absolute atomic E-state index is 0.185. The Balaban J connectivity index is 1.44. The van der Waals surface area contributed by atoms with E-state index in [4.69, 9.17) is 0 Å². The number of hydrogen-bond acceptors (Lipinski definition) is 3. The van der Waals surface area contributed by atoms with Crippen LogP contribution in [0.1, 0.15) is 23.4 Å². The highest BCUT2D eigenvalue weighted by atomic mass is 16.2. The molecule has 2 amide bonds. The lowest BCUT2D eigenvalue weighted by atomic mass is 10.2. The van der Waals surface area contributed by atoms with Crippen molar-refractivity contribution in [3.05, 3.63) is 77.6 Å². The number of rotatable bonds is 8. The molecule has 29 heavy (non-hydrogen) atoms. The van der Waals surface area contributed by atoms with Crippen molar-refractivity contribution in [3.8, 4) is 0 Å². The number of urea groups is 1. The fourth-order valence-electron chi connectivity index (χ4n) is 3.26. The summed E-state index contributed by atoms with van der Waals surface area (Å²) in [5.41, 5.74) is 5.19. The number of amides is 2. The van der Waals surface area contributed by atoms with Gasteiger partial charge in [0.2, 0.25) is 0 Å². The third kappa shape index (κ3) is 6.10. The molecule has 0 aliphatic rings. The first-order valence-electron chi connectivity index (χ1n) is 9.92. The Morgan fingerprint density at radius 1 is 1.07 bits per heavy atom. The second-order valence-corrected chi connectivity index (χ2v) is 7.28. The number of hydrogen-bond donors (Lipinski definition) is 2. The summed E-state index contributed by atoms with van der Waals surface area (Å²) in [6.45, 7) is 6.22. The molecule has 0 bridgehead atoms. The van der Waals surface area contributed by atoms with Crippen LogP contribution in [0.15, 0.2) is 60.7 Å². The molecule has 1 aromatic heterocycles. The van der Waals surface area contributed by atoms with Gasteiger partial charge in [0.15, 0.2) is 0 Å². The normalized spacial score (nSPS) is 10.6. The molecule has 2 N–H and O–H groups in total. The topological polar surface area (TPSA) is 62.2 Å². The van der Waals surface area contributed by atoms with E-state index in [0.29, 0.717) is 13.1 Å². The van der Waals surface area contributed by atoms with E-state index in [1.807, 2.05) is 61.0 Å². The maximum absolute atomic E-state index is 12.2. The van der Waals surface area contributed by atoms with Crippen molar-refractivity contribution in [2.75, 3.05) is 30.4 Å². The number of nitrogens with zero attached hydrogens (tertiary/aromatic N) is 3. The summed E-state index contributed by atoms with van der Waals surface area (Å²) in [4.78, 5) is 14.4. The average molecular weight is 392 g/mol. The van der Waals surface area contributed by atoms with Gasteiger partial charge >= 0.3 is 6.03 Å². The van der Waals surface area contributed by atoms with E-state index in [2.05, 4.69) is 45.9 Å². The Morgan fingerprint density at radius 3 is 2.59 bits per heavy atom. The molecule has 0 aliphatic carbocycles. The summed E-state index contributed by atoms with van der Waals surface area (Å²) in [5.74, 6) is 0. The quantitative estimate of drug-likeness (QED) is 0.566. The largest absolute Gasteiger partial charge is 0.375 e. The smallest absolute Gasteiger partial charge is 0.319 e. The number of aryl methyl sites for hydroxylation is 2. The van der Waals surface area contributed by atoms with E-state index in [-0.39, 0.29) is 6.03 Å². The summed E-state index contributed by atoms with van der Waals surface area (Å²) in [5, 5.41) is 10.3. The minimum atomic E-state index is -0.185. The summed E-state index contributed by atoms with van der Waals surface area (Å²) < 4.78 is 1.97. The molecular weight excluding hydrogens is 362 g/mol. The lowest BCUT2D eigenvalue weighted by molar-refractivity contribution is 0.252. The van der Waals surface area contributed by atoms with Gasteiger partial charge in [0.1, 0.15) is 0 Å². The molecule has 6 heteroatoms. The number of nitrogens with one attached hydrogen (secondary N) is 2. The molecule has 0 spiro atoms. The third-order valence-electron chi connectivity index (χ3n) is 4.77. The lowest BCUT2D eigenvalue weighted by Gasteiger charge is -2.19. The second kappa shape index (κ2) is 9.78. The molecule has 0 saturated carbocycles. The van der Waals surface area contributed by atoms with E-state index >= 15 is 0 Å². The predicted octanol–water partition coefficient (Wildman–Crippen LogP) is 4.20. The zero-order valence-electron chi connectivity index (χ0n) is 17.4. The highest BCUT2D eigenvalue weighted by Gasteiger charge is 2.06. The van der Waals surface area contributed by atoms with Gasteiger partial charge in [-0.3, -0.25) is 4.68 Å². The summed E-state index contributed by atoms with van der Waals surface area (Å²) in [6.07, 6.45) is 0.872. The van der Waals surface area contributed by atoms with Gasteiger partial charge in [0.25, 0.3) is 0 Å². The number of anilines is 2. The van der Waals surface area contributed by atoms with Crippen LogP contribution in [0.4, 0.5) is 16.2 Å². The van der Waals surface area contributed by atoms with Crippen molar-refractivity contribution in [1.29, 1.82) is 0 Å². The van der Waals surface area contributed by atoms with Crippen LogP contribution >= 0.6 is 0 Å². The zero-order chi connectivity index (χ0) is 20.6. The Labute approximate surface area is 172 Å². The van der Waals surface area contributed by atoms with E-state index in [1.165, 1.54) is 5.69 Å². The van der Waals surface area contributed by atoms with Crippen LogP contribution in [0.2, 0.25) is 0 Å². The van der Waals surface area contributed by atoms with Crippen LogP contribution in [0, 0.1) is 13.8 Å². The highest BCUT2D eigenvalue weighted by molar-refractivity contribution is 5.89. The predicted molar refractivity (Wildman–Crippen MR) is 119 cm³/mol. The van der Waals surface area contributed by atoms with Gasteiger partial charge in [-0.2, -0.15) is 5.10 Å². The summed E-state index contributed by atoms with van der Waals surface area (Å²) in [6, 6.07) is 20.0. The van der Waals surface area contributed by atoms with Crippen LogP contribution in [0.25, 0.3) is 0 Å². The Hall–Kier alpha value is -3.28. The van der Waals surface area contributed by atoms with Crippen molar-refractivity contribution >= 4 is 17.4 Å². The maximum Gasteiger partial charge on any atom is 0.319 e. The van der Waals surface area contributed by atoms with E-state index < -0.39 is 0 Å². The molecule has 0 unspecified atom stereocenters. The van der Waals surface area contributed by atoms with Crippen LogP contribution in [-0.4, -0.2) is 35.9 Å². The van der Waals surface area contributed by atoms with Crippen LogP contribution < -0.4 is 15.5 Å². The molecule has 0 atom stereocenters. The molecule has 2 aromatic carbocycles. The standard InChI is InChI=1S/C23H29N5O/c1-18-15-19(2)28(26-18)17-20-9-7-10-21(16-20)25-23(29)24-13-8-14-27(3)22-11-5-4-6-12-22/h4-7,9-12,15-16H,8,13-14,17H2,1-3H3,(H2,24,25,29). The number of carbonyl (C=O) groups excluding carboxylic acids is 1. The molecule has 0 saturated heterocycles. The monoisotopic (exact) mass is 391 g/mol. The van der Waals surface area contributed by atoms with Gasteiger partial charge in [0.05, 0.1) is 12.2 Å². The Bertz CT molecular complexity index is 935. The van der Waals surface area contributed by atoms with E-state index in [0.717, 1.165) is 35.6 Å². The SMILES string of the molecule is Cc1cc(C)n(Cc2cccc(NC(=O)NCCCN(C)c3ccccc3)c2)n1. The number of para-hydroxylation sites is 1. The van der Waals surface area contributed by atoms with Crippen molar-refractivity contribution in [1.82, 2.24) is 15.1 Å². The Kier molecular flexibility index (Phi) is 6.89. The zero-order valence-corrected chi connectivity index (χ0v) is 17.4. The van der Waals surface area contributed by atoms with Crippen LogP contribution in [0.5, 0.6) is 0 Å². The van der Waals surface area contributed by atoms with Crippen LogP contribution in [0.3, 0.4) is 0 Å². The van der Waals surface area contributed by atoms with E-state index in [1.54, 1.807) is 0 Å². The molecule has 6 nitrogen and oxygen atoms in total. The highest BCUT2D eigenvalue weighted by Crippen LogP contribution is 2.13. The third-order valence-corrected chi connectivity index (χ3v) is 4.77. The molecule has 3 aromatic rings. The van der Waals surface area contributed by atoms with Crippen molar-refractivity contribution in [2.45, 2.75) is 26.8 Å². The van der Waals surface area contributed by atoms with Gasteiger partial charge in [0, 0.05) is 37.2 Å². The van der Waals surface area contributed by atoms with Gasteiger partial charge in [-0.05, 0) is 56.2 Å². The fraction of sp³-hybridized carbons (Fsp3) is 0.304. The van der Waals surface area contributed by atoms with Crippen molar-refractivity contribution < 1.29 is 4.79 Å². The van der Waals surface area contributed by atoms with Gasteiger partial charge in [-0.15, -0.1) is 0 Å². The van der Waals surface area contributed by atoms with Crippen molar-refractivity contribution in [2.24, 2.45) is 0 Å². The molecular formula is C23H29N5O. The molecule has 3 rings (SSSR count). The molecule has 0 aliphatic heterocycles. The summed E-state index contributed by atoms with van der Waals surface area (Å²) in [7, 11) is 2.06. The minimum Gasteiger partial charge on any atom is -0.375 e. The van der Waals surface area contributed by atoms with Gasteiger partial charge in [-0.25, -0.2) is 4.79 Å². The number of benzene rings is 2.